The van der Waals surface area contributed by atoms with Gasteiger partial charge in [0.05, 0.1) is 17.4 Å². The van der Waals surface area contributed by atoms with Crippen molar-refractivity contribution in [3.63, 3.8) is 0 Å². The number of nitrogens with two attached hydrogens (primary N) is 2. The van der Waals surface area contributed by atoms with Crippen LogP contribution in [-0.4, -0.2) is 54.0 Å². The molecule has 10 heteroatoms. The standard InChI is InChI=1S/C26H36N8O2/c1-16(2)17(10-27)9-23(29)33-24-7-6-21-22(32-24)8-18(12-31-21)19(11-28)13-30-20-14-34(15-20)25(35)36-26(3,4)5/h6-13,16,20,27,31-32H,14-15,28H2,1-5H3,(H2,29,33). The van der Waals surface area contributed by atoms with Gasteiger partial charge in [-0.3, -0.25) is 4.99 Å². The Morgan fingerprint density at radius 2 is 2.00 bits per heavy atom. The highest BCUT2D eigenvalue weighted by atomic mass is 16.6. The molecule has 10 nitrogen and oxygen atoms in total. The molecule has 192 valence electrons. The fourth-order valence-electron chi connectivity index (χ4n) is 3.47. The van der Waals surface area contributed by atoms with E-state index in [2.05, 4.69) is 20.6 Å². The molecule has 0 radical (unpaired) electrons. The van der Waals surface area contributed by atoms with Gasteiger partial charge in [-0.15, -0.1) is 0 Å². The molecule has 1 fully saturated rings. The van der Waals surface area contributed by atoms with E-state index in [1.165, 1.54) is 12.4 Å². The molecule has 1 amide bonds. The Labute approximate surface area is 212 Å². The number of aliphatic imine (C=N–C) groups is 2. The minimum atomic E-state index is -0.518. The van der Waals surface area contributed by atoms with E-state index in [4.69, 9.17) is 21.6 Å². The molecule has 7 N–H and O–H groups in total. The zero-order valence-corrected chi connectivity index (χ0v) is 21.5. The lowest BCUT2D eigenvalue weighted by molar-refractivity contribution is 0.00910. The van der Waals surface area contributed by atoms with Crippen LogP contribution in [0, 0.1) is 11.3 Å². The normalized spacial score (nSPS) is 19.4. The maximum absolute atomic E-state index is 12.1. The molecule has 36 heavy (non-hydrogen) atoms. The minimum absolute atomic E-state index is 0.00266. The summed E-state index contributed by atoms with van der Waals surface area (Å²) in [4.78, 5) is 22.7. The lowest BCUT2D eigenvalue weighted by Gasteiger charge is -2.37. The Balaban J connectivity index is 1.63. The molecule has 0 saturated carbocycles. The van der Waals surface area contributed by atoms with Crippen LogP contribution in [0.1, 0.15) is 34.6 Å². The Hall–Kier alpha value is -4.08. The van der Waals surface area contributed by atoms with Crippen LogP contribution >= 0.6 is 0 Å². The molecule has 0 aromatic rings. The smallest absolute Gasteiger partial charge is 0.410 e. The van der Waals surface area contributed by atoms with E-state index in [0.29, 0.717) is 24.7 Å². The average molecular weight is 493 g/mol. The largest absolute Gasteiger partial charge is 0.444 e. The summed E-state index contributed by atoms with van der Waals surface area (Å²) in [6.07, 6.45) is 13.4. The van der Waals surface area contributed by atoms with Crippen molar-refractivity contribution in [2.75, 3.05) is 13.1 Å². The highest BCUT2D eigenvalue weighted by Gasteiger charge is 2.33. The molecule has 0 aromatic heterocycles. The first kappa shape index (κ1) is 26.5. The van der Waals surface area contributed by atoms with E-state index in [0.717, 1.165) is 28.1 Å². The molecule has 0 spiro atoms. The summed E-state index contributed by atoms with van der Waals surface area (Å²) in [6.45, 7) is 10.6. The van der Waals surface area contributed by atoms with Crippen LogP contribution in [0.15, 0.2) is 80.6 Å². The summed E-state index contributed by atoms with van der Waals surface area (Å²) in [5.74, 6) is 1.07. The number of hydrogen-bond acceptors (Lipinski definition) is 8. The average Bonchev–Trinajstić information content (AvgIpc) is 2.77. The topological polar surface area (TPSA) is 154 Å². The minimum Gasteiger partial charge on any atom is -0.444 e. The number of rotatable bonds is 7. The highest BCUT2D eigenvalue weighted by Crippen LogP contribution is 2.23. The third-order valence-corrected chi connectivity index (χ3v) is 5.49. The van der Waals surface area contributed by atoms with Crippen molar-refractivity contribution >= 4 is 24.4 Å². The fraction of sp³-hybridized carbons (Fsp3) is 0.385. The van der Waals surface area contributed by atoms with Crippen LogP contribution < -0.4 is 22.1 Å². The molecule has 0 aliphatic carbocycles. The third-order valence-electron chi connectivity index (χ3n) is 5.49. The molecule has 3 heterocycles. The van der Waals surface area contributed by atoms with Gasteiger partial charge < -0.3 is 37.1 Å². The third kappa shape index (κ3) is 6.97. The zero-order chi connectivity index (χ0) is 26.5. The van der Waals surface area contributed by atoms with Crippen LogP contribution in [-0.2, 0) is 4.74 Å². The first-order valence-electron chi connectivity index (χ1n) is 11.9. The maximum Gasteiger partial charge on any atom is 0.410 e. The molecular weight excluding hydrogens is 456 g/mol. The van der Waals surface area contributed by atoms with Crippen molar-refractivity contribution in [3.8, 4) is 0 Å². The van der Waals surface area contributed by atoms with Gasteiger partial charge in [0.15, 0.2) is 0 Å². The van der Waals surface area contributed by atoms with E-state index in [9.17, 15) is 4.79 Å². The number of likely N-dealkylation sites (tertiary alicyclic amines) is 1. The summed E-state index contributed by atoms with van der Waals surface area (Å²) in [7, 11) is 0. The van der Waals surface area contributed by atoms with E-state index in [1.54, 1.807) is 17.2 Å². The van der Waals surface area contributed by atoms with Crippen molar-refractivity contribution in [2.45, 2.75) is 46.3 Å². The number of amidine groups is 1. The van der Waals surface area contributed by atoms with Gasteiger partial charge >= 0.3 is 6.09 Å². The molecule has 0 aromatic carbocycles. The van der Waals surface area contributed by atoms with Crippen molar-refractivity contribution in [2.24, 2.45) is 27.4 Å². The molecule has 3 aliphatic rings. The van der Waals surface area contributed by atoms with Crippen LogP contribution in [0.4, 0.5) is 4.79 Å². The van der Waals surface area contributed by atoms with Crippen LogP contribution in [0.3, 0.4) is 0 Å². The second kappa shape index (κ2) is 11.1. The van der Waals surface area contributed by atoms with Crippen molar-refractivity contribution in [1.82, 2.24) is 15.5 Å². The molecule has 1 saturated heterocycles. The summed E-state index contributed by atoms with van der Waals surface area (Å²) in [5.41, 5.74) is 15.5. The Morgan fingerprint density at radius 1 is 1.28 bits per heavy atom. The first-order valence-corrected chi connectivity index (χ1v) is 11.9. The lowest BCUT2D eigenvalue weighted by atomic mass is 10.0. The number of nitrogens with zero attached hydrogens (tertiary/aromatic N) is 3. The van der Waals surface area contributed by atoms with E-state index in [1.807, 2.05) is 59.0 Å². The number of fused-ring (bicyclic) bond motifs is 1. The van der Waals surface area contributed by atoms with Gasteiger partial charge in [0.1, 0.15) is 17.3 Å². The van der Waals surface area contributed by atoms with E-state index >= 15 is 0 Å². The maximum atomic E-state index is 12.1. The number of carbonyl (C=O) groups is 1. The first-order chi connectivity index (χ1) is 17.0. The van der Waals surface area contributed by atoms with Gasteiger partial charge in [-0.05, 0) is 56.6 Å². The fourth-order valence-corrected chi connectivity index (χ4v) is 3.47. The predicted octanol–water partition coefficient (Wildman–Crippen LogP) is 2.81. The Kier molecular flexibility index (Phi) is 8.18. The highest BCUT2D eigenvalue weighted by molar-refractivity contribution is 5.97. The van der Waals surface area contributed by atoms with Crippen LogP contribution in [0.25, 0.3) is 0 Å². The quantitative estimate of drug-likeness (QED) is 0.272. The number of dihydropyridines is 2. The van der Waals surface area contributed by atoms with Gasteiger partial charge in [-0.25, -0.2) is 9.79 Å². The zero-order valence-electron chi connectivity index (χ0n) is 21.5. The van der Waals surface area contributed by atoms with E-state index in [-0.39, 0.29) is 18.1 Å². The van der Waals surface area contributed by atoms with Gasteiger partial charge in [0.2, 0.25) is 0 Å². The Morgan fingerprint density at radius 3 is 2.61 bits per heavy atom. The van der Waals surface area contributed by atoms with Crippen molar-refractivity contribution in [3.05, 3.63) is 70.6 Å². The summed E-state index contributed by atoms with van der Waals surface area (Å²) >= 11 is 0. The van der Waals surface area contributed by atoms with Crippen molar-refractivity contribution < 1.29 is 9.53 Å². The SMILES string of the molecule is CC(C)C(C=N)=CC(N)=NC1=CC=C2NC=C(C(C=NC3CN(C(=O)OC(C)(C)C)C3)=CN)C=C2N1. The molecule has 3 aliphatic heterocycles. The number of hydrogen-bond donors (Lipinski definition) is 5. The second-order valence-electron chi connectivity index (χ2n) is 9.98. The predicted molar refractivity (Wildman–Crippen MR) is 144 cm³/mol. The molecule has 0 atom stereocenters. The molecule has 3 rings (SSSR count). The summed E-state index contributed by atoms with van der Waals surface area (Å²) in [5, 5.41) is 14.0. The lowest BCUT2D eigenvalue weighted by Crippen LogP contribution is -2.54. The monoisotopic (exact) mass is 492 g/mol. The number of amides is 1. The summed E-state index contributed by atoms with van der Waals surface area (Å²) in [6, 6.07) is -0.00266. The van der Waals surface area contributed by atoms with Gasteiger partial charge in [0.25, 0.3) is 0 Å². The molecule has 0 bridgehead atoms. The number of nitrogens with one attached hydrogen (secondary N) is 3. The van der Waals surface area contributed by atoms with Gasteiger partial charge in [-0.1, -0.05) is 13.8 Å². The molecular formula is C26H36N8O2. The van der Waals surface area contributed by atoms with Crippen LogP contribution in [0.2, 0.25) is 0 Å². The number of carbonyl (C=O) groups excluding carboxylic acids is 1. The van der Waals surface area contributed by atoms with Crippen LogP contribution in [0.5, 0.6) is 0 Å². The van der Waals surface area contributed by atoms with Gasteiger partial charge in [0, 0.05) is 49.1 Å². The van der Waals surface area contributed by atoms with E-state index < -0.39 is 5.60 Å². The number of allylic oxidation sites excluding steroid dienone is 6. The molecule has 0 unspecified atom stereocenters. The summed E-state index contributed by atoms with van der Waals surface area (Å²) < 4.78 is 5.38. The number of ether oxygens (including phenoxy) is 1. The van der Waals surface area contributed by atoms with Gasteiger partial charge in [-0.2, -0.15) is 0 Å². The van der Waals surface area contributed by atoms with Crippen molar-refractivity contribution in [1.29, 1.82) is 5.41 Å². The second-order valence-corrected chi connectivity index (χ2v) is 9.98. The Bertz CT molecular complexity index is 1140.